The van der Waals surface area contributed by atoms with Crippen LogP contribution in [0.25, 0.3) is 11.1 Å². The van der Waals surface area contributed by atoms with E-state index in [1.165, 1.54) is 11.6 Å². The number of hydrogen-bond donors (Lipinski definition) is 1. The van der Waals surface area contributed by atoms with Crippen molar-refractivity contribution in [2.45, 2.75) is 23.5 Å². The SMILES string of the molecule is CC[C@@H](Sc1ccccc1N)c1ccc(-c2ccccc2F)cc1. The van der Waals surface area contributed by atoms with Gasteiger partial charge in [-0.15, -0.1) is 11.8 Å². The maximum absolute atomic E-state index is 13.9. The van der Waals surface area contributed by atoms with Gasteiger partial charge >= 0.3 is 0 Å². The van der Waals surface area contributed by atoms with Crippen LogP contribution in [0, 0.1) is 5.82 Å². The third-order valence-electron chi connectivity index (χ3n) is 4.03. The lowest BCUT2D eigenvalue weighted by molar-refractivity contribution is 0.631. The predicted octanol–water partition coefficient (Wildman–Crippen LogP) is 6.32. The van der Waals surface area contributed by atoms with Crippen molar-refractivity contribution in [2.24, 2.45) is 0 Å². The molecule has 24 heavy (non-hydrogen) atoms. The Bertz CT molecular complexity index is 814. The average Bonchev–Trinajstić information content (AvgIpc) is 2.62. The van der Waals surface area contributed by atoms with Crippen LogP contribution >= 0.6 is 11.8 Å². The Morgan fingerprint density at radius 1 is 0.917 bits per heavy atom. The van der Waals surface area contributed by atoms with Gasteiger partial charge in [-0.2, -0.15) is 0 Å². The van der Waals surface area contributed by atoms with Crippen molar-refractivity contribution in [1.82, 2.24) is 0 Å². The van der Waals surface area contributed by atoms with Gasteiger partial charge in [0.2, 0.25) is 0 Å². The van der Waals surface area contributed by atoms with Crippen LogP contribution in [-0.2, 0) is 0 Å². The Hall–Kier alpha value is -2.26. The van der Waals surface area contributed by atoms with Gasteiger partial charge in [-0.05, 0) is 35.7 Å². The lowest BCUT2D eigenvalue weighted by Crippen LogP contribution is -1.95. The molecule has 3 rings (SSSR count). The topological polar surface area (TPSA) is 26.0 Å². The highest BCUT2D eigenvalue weighted by Crippen LogP contribution is 2.40. The third-order valence-corrected chi connectivity index (χ3v) is 5.54. The Labute approximate surface area is 146 Å². The number of rotatable bonds is 5. The van der Waals surface area contributed by atoms with Gasteiger partial charge in [0.15, 0.2) is 0 Å². The van der Waals surface area contributed by atoms with Crippen molar-refractivity contribution in [3.63, 3.8) is 0 Å². The van der Waals surface area contributed by atoms with E-state index >= 15 is 0 Å². The van der Waals surface area contributed by atoms with Gasteiger partial charge in [0.1, 0.15) is 5.82 Å². The van der Waals surface area contributed by atoms with Crippen LogP contribution in [0.5, 0.6) is 0 Å². The number of para-hydroxylation sites is 1. The number of anilines is 1. The molecule has 0 aliphatic carbocycles. The summed E-state index contributed by atoms with van der Waals surface area (Å²) in [5.74, 6) is -0.191. The van der Waals surface area contributed by atoms with Crippen molar-refractivity contribution < 1.29 is 4.39 Å². The first-order valence-corrected chi connectivity index (χ1v) is 8.93. The molecule has 3 aromatic rings. The van der Waals surface area contributed by atoms with Crippen molar-refractivity contribution in [2.75, 3.05) is 5.73 Å². The number of hydrogen-bond acceptors (Lipinski definition) is 2. The molecular weight excluding hydrogens is 317 g/mol. The van der Waals surface area contributed by atoms with Gasteiger partial charge in [-0.25, -0.2) is 4.39 Å². The zero-order valence-corrected chi connectivity index (χ0v) is 14.4. The Morgan fingerprint density at radius 3 is 2.25 bits per heavy atom. The van der Waals surface area contributed by atoms with E-state index in [4.69, 9.17) is 5.73 Å². The highest BCUT2D eigenvalue weighted by molar-refractivity contribution is 7.99. The van der Waals surface area contributed by atoms with Gasteiger partial charge in [0, 0.05) is 21.4 Å². The summed E-state index contributed by atoms with van der Waals surface area (Å²) >= 11 is 1.77. The smallest absolute Gasteiger partial charge is 0.131 e. The standard InChI is InChI=1S/C21H20FNS/c1-2-20(24-21-10-6-5-9-19(21)23)16-13-11-15(12-14-16)17-7-3-4-8-18(17)22/h3-14,20H,2,23H2,1H3/t20-/m1/s1. The number of thioether (sulfide) groups is 1. The van der Waals surface area contributed by atoms with Crippen LogP contribution in [0.3, 0.4) is 0 Å². The molecule has 0 unspecified atom stereocenters. The fraction of sp³-hybridized carbons (Fsp3) is 0.143. The molecule has 0 saturated carbocycles. The van der Waals surface area contributed by atoms with Crippen LogP contribution in [0.1, 0.15) is 24.2 Å². The minimum Gasteiger partial charge on any atom is -0.398 e. The molecule has 1 nitrogen and oxygen atoms in total. The number of halogens is 1. The summed E-state index contributed by atoms with van der Waals surface area (Å²) in [6, 6.07) is 23.0. The zero-order chi connectivity index (χ0) is 16.9. The van der Waals surface area contributed by atoms with Crippen molar-refractivity contribution in [3.05, 3.63) is 84.2 Å². The monoisotopic (exact) mass is 337 g/mol. The number of benzene rings is 3. The molecule has 3 heteroatoms. The first kappa shape index (κ1) is 16.6. The van der Waals surface area contributed by atoms with E-state index < -0.39 is 0 Å². The number of nitrogen functional groups attached to an aromatic ring is 1. The first-order chi connectivity index (χ1) is 11.7. The van der Waals surface area contributed by atoms with Gasteiger partial charge in [0.25, 0.3) is 0 Å². The molecule has 3 aromatic carbocycles. The Kier molecular flexibility index (Phi) is 5.21. The average molecular weight is 337 g/mol. The predicted molar refractivity (Wildman–Crippen MR) is 102 cm³/mol. The second-order valence-electron chi connectivity index (χ2n) is 5.65. The van der Waals surface area contributed by atoms with Crippen LogP contribution in [-0.4, -0.2) is 0 Å². The van der Waals surface area contributed by atoms with E-state index in [1.807, 2.05) is 36.4 Å². The maximum atomic E-state index is 13.9. The summed E-state index contributed by atoms with van der Waals surface area (Å²) in [5, 5.41) is 0.323. The molecule has 0 bridgehead atoms. The minimum absolute atomic E-state index is 0.191. The molecule has 1 atom stereocenters. The minimum atomic E-state index is -0.191. The summed E-state index contributed by atoms with van der Waals surface area (Å²) in [7, 11) is 0. The molecule has 0 heterocycles. The van der Waals surface area contributed by atoms with Crippen LogP contribution in [0.4, 0.5) is 10.1 Å². The van der Waals surface area contributed by atoms with Crippen LogP contribution in [0.2, 0.25) is 0 Å². The fourth-order valence-electron chi connectivity index (χ4n) is 2.70. The Balaban J connectivity index is 1.83. The zero-order valence-electron chi connectivity index (χ0n) is 13.6. The van der Waals surface area contributed by atoms with Gasteiger partial charge in [0.05, 0.1) is 0 Å². The van der Waals surface area contributed by atoms with Crippen molar-refractivity contribution >= 4 is 17.4 Å². The largest absolute Gasteiger partial charge is 0.398 e. The highest BCUT2D eigenvalue weighted by atomic mass is 32.2. The first-order valence-electron chi connectivity index (χ1n) is 8.05. The second-order valence-corrected chi connectivity index (χ2v) is 6.90. The molecule has 0 spiro atoms. The van der Waals surface area contributed by atoms with E-state index in [-0.39, 0.29) is 5.82 Å². The molecule has 0 aromatic heterocycles. The highest BCUT2D eigenvalue weighted by Gasteiger charge is 2.13. The molecule has 0 fully saturated rings. The van der Waals surface area contributed by atoms with E-state index in [9.17, 15) is 4.39 Å². The summed E-state index contributed by atoms with van der Waals surface area (Å²) in [6.45, 7) is 2.17. The quantitative estimate of drug-likeness (QED) is 0.435. The second kappa shape index (κ2) is 7.54. The summed E-state index contributed by atoms with van der Waals surface area (Å²) in [5.41, 5.74) is 9.63. The van der Waals surface area contributed by atoms with E-state index in [2.05, 4.69) is 25.1 Å². The normalized spacial score (nSPS) is 12.1. The summed E-state index contributed by atoms with van der Waals surface area (Å²) in [6.07, 6.45) is 0.998. The molecule has 0 saturated heterocycles. The molecular formula is C21H20FNS. The van der Waals surface area contributed by atoms with Crippen LogP contribution in [0.15, 0.2) is 77.7 Å². The molecule has 0 aliphatic heterocycles. The molecule has 122 valence electrons. The van der Waals surface area contributed by atoms with E-state index in [1.54, 1.807) is 23.9 Å². The molecule has 0 radical (unpaired) electrons. The van der Waals surface area contributed by atoms with Crippen molar-refractivity contribution in [1.29, 1.82) is 0 Å². The van der Waals surface area contributed by atoms with Crippen LogP contribution < -0.4 is 5.73 Å². The van der Waals surface area contributed by atoms with E-state index in [0.717, 1.165) is 22.6 Å². The molecule has 0 aliphatic rings. The summed E-state index contributed by atoms with van der Waals surface area (Å²) in [4.78, 5) is 1.10. The van der Waals surface area contributed by atoms with E-state index in [0.29, 0.717) is 10.8 Å². The van der Waals surface area contributed by atoms with Gasteiger partial charge in [-0.3, -0.25) is 0 Å². The number of nitrogens with two attached hydrogens (primary N) is 1. The molecule has 0 amide bonds. The maximum Gasteiger partial charge on any atom is 0.131 e. The summed E-state index contributed by atoms with van der Waals surface area (Å²) < 4.78 is 13.9. The van der Waals surface area contributed by atoms with Crippen molar-refractivity contribution in [3.8, 4) is 11.1 Å². The Morgan fingerprint density at radius 2 is 1.58 bits per heavy atom. The third kappa shape index (κ3) is 3.62. The molecule has 2 N–H and O–H groups in total. The van der Waals surface area contributed by atoms with Gasteiger partial charge < -0.3 is 5.73 Å². The lowest BCUT2D eigenvalue weighted by atomic mass is 10.0. The fourth-order valence-corrected chi connectivity index (χ4v) is 3.83. The lowest BCUT2D eigenvalue weighted by Gasteiger charge is -2.17. The van der Waals surface area contributed by atoms with Gasteiger partial charge in [-0.1, -0.05) is 61.5 Å².